The van der Waals surface area contributed by atoms with Gasteiger partial charge in [0.2, 0.25) is 5.91 Å². The largest absolute Gasteiger partial charge is 0.396 e. The Labute approximate surface area is 123 Å². The highest BCUT2D eigenvalue weighted by molar-refractivity contribution is 7.12. The average Bonchev–Trinajstić information content (AvgIpc) is 2.93. The van der Waals surface area contributed by atoms with E-state index in [-0.39, 0.29) is 17.9 Å². The first-order valence-corrected chi connectivity index (χ1v) is 7.63. The summed E-state index contributed by atoms with van der Waals surface area (Å²) in [4.78, 5) is 23.5. The number of hydrogen-bond donors (Lipinski definition) is 3. The van der Waals surface area contributed by atoms with E-state index in [1.54, 1.807) is 5.38 Å². The van der Waals surface area contributed by atoms with E-state index >= 15 is 0 Å². The van der Waals surface area contributed by atoms with Gasteiger partial charge in [-0.05, 0) is 30.7 Å². The van der Waals surface area contributed by atoms with Crippen molar-refractivity contribution in [3.8, 4) is 0 Å². The summed E-state index contributed by atoms with van der Waals surface area (Å²) in [5, 5.41) is 13.6. The van der Waals surface area contributed by atoms with Crippen LogP contribution in [-0.4, -0.2) is 30.1 Å². The van der Waals surface area contributed by atoms with Gasteiger partial charge in [0.25, 0.3) is 5.91 Å². The number of hydrogen-bond acceptors (Lipinski definition) is 4. The highest BCUT2D eigenvalue weighted by Crippen LogP contribution is 2.29. The zero-order valence-electron chi connectivity index (χ0n) is 11.9. The molecule has 0 bridgehead atoms. The molecule has 1 heterocycles. The molecule has 0 aliphatic carbocycles. The fourth-order valence-electron chi connectivity index (χ4n) is 2.12. The van der Waals surface area contributed by atoms with Gasteiger partial charge in [0.1, 0.15) is 0 Å². The van der Waals surface area contributed by atoms with Gasteiger partial charge < -0.3 is 16.2 Å². The number of nitrogens with two attached hydrogens (primary N) is 1. The number of primary amides is 1. The Kier molecular flexibility index (Phi) is 6.16. The van der Waals surface area contributed by atoms with Gasteiger partial charge in [-0.1, -0.05) is 13.8 Å². The SMILES string of the molecule is CCC(CC)(CCO)CNC(=O)c1cc(C(N)=O)cs1. The molecule has 0 aliphatic rings. The molecule has 6 heteroatoms. The maximum absolute atomic E-state index is 12.0. The number of carbonyl (C=O) groups is 2. The molecular weight excluding hydrogens is 276 g/mol. The molecule has 5 nitrogen and oxygen atoms in total. The molecule has 0 fully saturated rings. The van der Waals surface area contributed by atoms with Crippen molar-refractivity contribution in [3.05, 3.63) is 21.9 Å². The van der Waals surface area contributed by atoms with E-state index in [1.807, 2.05) is 0 Å². The van der Waals surface area contributed by atoms with Crippen molar-refractivity contribution in [2.75, 3.05) is 13.2 Å². The van der Waals surface area contributed by atoms with Crippen LogP contribution in [0.3, 0.4) is 0 Å². The van der Waals surface area contributed by atoms with Crippen molar-refractivity contribution < 1.29 is 14.7 Å². The minimum absolute atomic E-state index is 0.0752. The molecule has 0 atom stereocenters. The molecule has 1 rings (SSSR count). The smallest absolute Gasteiger partial charge is 0.261 e. The maximum Gasteiger partial charge on any atom is 0.261 e. The molecule has 0 radical (unpaired) electrons. The molecule has 1 aromatic rings. The van der Waals surface area contributed by atoms with E-state index in [9.17, 15) is 9.59 Å². The summed E-state index contributed by atoms with van der Waals surface area (Å²) in [6.45, 7) is 4.74. The molecule has 0 unspecified atom stereocenters. The van der Waals surface area contributed by atoms with Crippen LogP contribution >= 0.6 is 11.3 Å². The lowest BCUT2D eigenvalue weighted by molar-refractivity contribution is 0.0911. The van der Waals surface area contributed by atoms with Gasteiger partial charge >= 0.3 is 0 Å². The lowest BCUT2D eigenvalue weighted by atomic mass is 9.79. The number of aliphatic hydroxyl groups is 1. The second kappa shape index (κ2) is 7.40. The zero-order chi connectivity index (χ0) is 15.2. The molecule has 4 N–H and O–H groups in total. The Bertz CT molecular complexity index is 467. The van der Waals surface area contributed by atoms with Crippen LogP contribution in [0.25, 0.3) is 0 Å². The van der Waals surface area contributed by atoms with Gasteiger partial charge in [-0.25, -0.2) is 0 Å². The van der Waals surface area contributed by atoms with Gasteiger partial charge in [-0.3, -0.25) is 9.59 Å². The first kappa shape index (κ1) is 16.7. The number of carbonyl (C=O) groups excluding carboxylic acids is 2. The number of nitrogens with one attached hydrogen (secondary N) is 1. The van der Waals surface area contributed by atoms with Crippen LogP contribution in [0, 0.1) is 5.41 Å². The third-order valence-electron chi connectivity index (χ3n) is 3.87. The maximum atomic E-state index is 12.0. The molecule has 0 aliphatic heterocycles. The fraction of sp³-hybridized carbons (Fsp3) is 0.571. The molecule has 112 valence electrons. The molecular formula is C14H22N2O3S. The normalized spacial score (nSPS) is 11.3. The fourth-order valence-corrected chi connectivity index (χ4v) is 2.93. The van der Waals surface area contributed by atoms with Crippen LogP contribution < -0.4 is 11.1 Å². The van der Waals surface area contributed by atoms with Crippen LogP contribution in [0.2, 0.25) is 0 Å². The Hall–Kier alpha value is -1.40. The van der Waals surface area contributed by atoms with Gasteiger partial charge in [-0.15, -0.1) is 11.3 Å². The van der Waals surface area contributed by atoms with E-state index in [4.69, 9.17) is 10.8 Å². The number of thiophene rings is 1. The minimum atomic E-state index is -0.531. The lowest BCUT2D eigenvalue weighted by Crippen LogP contribution is -2.37. The molecule has 0 spiro atoms. The lowest BCUT2D eigenvalue weighted by Gasteiger charge is -2.31. The van der Waals surface area contributed by atoms with E-state index < -0.39 is 5.91 Å². The van der Waals surface area contributed by atoms with Gasteiger partial charge in [0.15, 0.2) is 0 Å². The van der Waals surface area contributed by atoms with Crippen LogP contribution in [0.1, 0.15) is 53.1 Å². The topological polar surface area (TPSA) is 92.4 Å². The van der Waals surface area contributed by atoms with Crippen LogP contribution in [0.4, 0.5) is 0 Å². The van der Waals surface area contributed by atoms with Crippen molar-refractivity contribution >= 4 is 23.2 Å². The van der Waals surface area contributed by atoms with E-state index in [2.05, 4.69) is 19.2 Å². The number of amides is 2. The third-order valence-corrected chi connectivity index (χ3v) is 4.80. The number of rotatable bonds is 8. The first-order chi connectivity index (χ1) is 9.48. The van der Waals surface area contributed by atoms with Crippen LogP contribution in [0.5, 0.6) is 0 Å². The summed E-state index contributed by atoms with van der Waals surface area (Å²) in [6.07, 6.45) is 2.44. The van der Waals surface area contributed by atoms with Crippen molar-refractivity contribution in [2.45, 2.75) is 33.1 Å². The monoisotopic (exact) mass is 298 g/mol. The molecule has 20 heavy (non-hydrogen) atoms. The Balaban J connectivity index is 2.67. The van der Waals surface area contributed by atoms with Crippen LogP contribution in [-0.2, 0) is 0 Å². The summed E-state index contributed by atoms with van der Waals surface area (Å²) >= 11 is 1.20. The summed E-state index contributed by atoms with van der Waals surface area (Å²) in [5.41, 5.74) is 5.44. The molecule has 1 aromatic heterocycles. The quantitative estimate of drug-likeness (QED) is 0.683. The highest BCUT2D eigenvalue weighted by Gasteiger charge is 2.26. The standard InChI is InChI=1S/C14H22N2O3S/c1-3-14(4-2,5-6-17)9-16-13(19)11-7-10(8-20-11)12(15)18/h7-8,17H,3-6,9H2,1-2H3,(H2,15,18)(H,16,19). The van der Waals surface area contributed by atoms with Gasteiger partial charge in [0.05, 0.1) is 10.4 Å². The van der Waals surface area contributed by atoms with Gasteiger partial charge in [-0.2, -0.15) is 0 Å². The summed E-state index contributed by atoms with van der Waals surface area (Å²) < 4.78 is 0. The summed E-state index contributed by atoms with van der Waals surface area (Å²) in [6, 6.07) is 1.51. The zero-order valence-corrected chi connectivity index (χ0v) is 12.8. The van der Waals surface area contributed by atoms with Gasteiger partial charge in [0, 0.05) is 18.5 Å². The molecule has 2 amide bonds. The van der Waals surface area contributed by atoms with Crippen LogP contribution in [0.15, 0.2) is 11.4 Å². The predicted molar refractivity (Wildman–Crippen MR) is 79.9 cm³/mol. The Morgan fingerprint density at radius 2 is 2.05 bits per heavy atom. The molecule has 0 aromatic carbocycles. The van der Waals surface area contributed by atoms with Crippen molar-refractivity contribution in [2.24, 2.45) is 11.1 Å². The second-order valence-electron chi connectivity index (χ2n) is 4.93. The average molecular weight is 298 g/mol. The molecule has 0 saturated carbocycles. The summed E-state index contributed by atoms with van der Waals surface area (Å²) in [7, 11) is 0. The summed E-state index contributed by atoms with van der Waals surface area (Å²) in [5.74, 6) is -0.733. The molecule has 0 saturated heterocycles. The Morgan fingerprint density at radius 3 is 2.50 bits per heavy atom. The van der Waals surface area contributed by atoms with Crippen molar-refractivity contribution in [1.82, 2.24) is 5.32 Å². The third kappa shape index (κ3) is 4.05. The van der Waals surface area contributed by atoms with Crippen molar-refractivity contribution in [3.63, 3.8) is 0 Å². The Morgan fingerprint density at radius 1 is 1.40 bits per heavy atom. The number of aliphatic hydroxyl groups excluding tert-OH is 1. The first-order valence-electron chi connectivity index (χ1n) is 6.75. The van der Waals surface area contributed by atoms with E-state index in [0.717, 1.165) is 12.8 Å². The van der Waals surface area contributed by atoms with E-state index in [1.165, 1.54) is 17.4 Å². The minimum Gasteiger partial charge on any atom is -0.396 e. The second-order valence-corrected chi connectivity index (χ2v) is 5.84. The predicted octanol–water partition coefficient (Wildman–Crippen LogP) is 1.77. The van der Waals surface area contributed by atoms with Crippen molar-refractivity contribution in [1.29, 1.82) is 0 Å². The van der Waals surface area contributed by atoms with E-state index in [0.29, 0.717) is 23.4 Å². The highest BCUT2D eigenvalue weighted by atomic mass is 32.1.